The van der Waals surface area contributed by atoms with Gasteiger partial charge in [-0.15, -0.1) is 0 Å². The van der Waals surface area contributed by atoms with Crippen molar-refractivity contribution < 1.29 is 9.90 Å². The summed E-state index contributed by atoms with van der Waals surface area (Å²) in [6.07, 6.45) is 9.02. The van der Waals surface area contributed by atoms with Crippen molar-refractivity contribution in [2.45, 2.75) is 6.42 Å². The van der Waals surface area contributed by atoms with Crippen LogP contribution in [0.15, 0.2) is 35.6 Å². The van der Waals surface area contributed by atoms with Crippen molar-refractivity contribution in [3.63, 3.8) is 0 Å². The largest absolute Gasteiger partial charge is 0.395 e. The van der Waals surface area contributed by atoms with Gasteiger partial charge in [-0.25, -0.2) is 0 Å². The Morgan fingerprint density at radius 3 is 3.15 bits per heavy atom. The topological polar surface area (TPSA) is 49.3 Å². The number of aliphatic hydroxyl groups is 1. The molecule has 0 unspecified atom stereocenters. The van der Waals surface area contributed by atoms with E-state index in [1.807, 2.05) is 12.2 Å². The summed E-state index contributed by atoms with van der Waals surface area (Å²) in [6, 6.07) is 0. The Morgan fingerprint density at radius 2 is 2.46 bits per heavy atom. The van der Waals surface area contributed by atoms with Gasteiger partial charge in [0.1, 0.15) is 6.29 Å². The number of aliphatic hydroxyl groups excluding tert-OH is 1. The highest BCUT2D eigenvalue weighted by Crippen LogP contribution is 2.16. The molecule has 0 aromatic heterocycles. The third-order valence-corrected chi connectivity index (χ3v) is 1.78. The number of allylic oxidation sites excluding steroid dienone is 5. The van der Waals surface area contributed by atoms with E-state index in [-0.39, 0.29) is 6.61 Å². The number of carbonyl (C=O) groups is 1. The molecule has 0 bridgehead atoms. The number of hydrogen-bond acceptors (Lipinski definition) is 3. The van der Waals surface area contributed by atoms with E-state index in [0.717, 1.165) is 18.3 Å². The molecule has 0 amide bonds. The van der Waals surface area contributed by atoms with Gasteiger partial charge in [0.25, 0.3) is 0 Å². The van der Waals surface area contributed by atoms with Crippen LogP contribution in [0.2, 0.25) is 0 Å². The molecule has 1 aliphatic carbocycles. The summed E-state index contributed by atoms with van der Waals surface area (Å²) in [5.74, 6) is 0. The van der Waals surface area contributed by atoms with Crippen LogP contribution in [0.5, 0.6) is 0 Å². The molecule has 70 valence electrons. The van der Waals surface area contributed by atoms with Crippen LogP contribution < -0.4 is 5.32 Å². The second-order valence-corrected chi connectivity index (χ2v) is 2.72. The minimum Gasteiger partial charge on any atom is -0.395 e. The molecule has 0 radical (unpaired) electrons. The van der Waals surface area contributed by atoms with Crippen LogP contribution in [0.4, 0.5) is 0 Å². The van der Waals surface area contributed by atoms with Crippen LogP contribution >= 0.6 is 0 Å². The molecule has 0 atom stereocenters. The first-order valence-electron chi connectivity index (χ1n) is 4.24. The predicted octanol–water partition coefficient (Wildman–Crippen LogP) is 0.537. The summed E-state index contributed by atoms with van der Waals surface area (Å²) in [6.45, 7) is 0.610. The lowest BCUT2D eigenvalue weighted by Gasteiger charge is -2.08. The van der Waals surface area contributed by atoms with Crippen LogP contribution in [0.25, 0.3) is 0 Å². The van der Waals surface area contributed by atoms with Crippen LogP contribution in [0.3, 0.4) is 0 Å². The van der Waals surface area contributed by atoms with Gasteiger partial charge in [-0.1, -0.05) is 18.2 Å². The summed E-state index contributed by atoms with van der Waals surface area (Å²) in [4.78, 5) is 10.6. The summed E-state index contributed by atoms with van der Waals surface area (Å²) in [7, 11) is 0. The van der Waals surface area contributed by atoms with E-state index in [1.165, 1.54) is 0 Å². The first-order chi connectivity index (χ1) is 6.38. The van der Waals surface area contributed by atoms with Crippen molar-refractivity contribution in [3.8, 4) is 0 Å². The Hall–Kier alpha value is -1.35. The van der Waals surface area contributed by atoms with Crippen molar-refractivity contribution in [2.24, 2.45) is 0 Å². The van der Waals surface area contributed by atoms with Gasteiger partial charge in [-0.2, -0.15) is 0 Å². The van der Waals surface area contributed by atoms with E-state index >= 15 is 0 Å². The summed E-state index contributed by atoms with van der Waals surface area (Å²) >= 11 is 0. The van der Waals surface area contributed by atoms with Crippen LogP contribution in [-0.2, 0) is 4.79 Å². The van der Waals surface area contributed by atoms with Gasteiger partial charge in [0.05, 0.1) is 6.61 Å². The third kappa shape index (κ3) is 2.87. The third-order valence-electron chi connectivity index (χ3n) is 1.78. The molecule has 0 aromatic carbocycles. The van der Waals surface area contributed by atoms with E-state index in [4.69, 9.17) is 5.11 Å². The van der Waals surface area contributed by atoms with Crippen LogP contribution in [0.1, 0.15) is 6.42 Å². The van der Waals surface area contributed by atoms with Gasteiger partial charge in [-0.05, 0) is 12.0 Å². The fourth-order valence-corrected chi connectivity index (χ4v) is 1.11. The zero-order chi connectivity index (χ0) is 9.52. The Kier molecular flexibility index (Phi) is 3.99. The smallest absolute Gasteiger partial charge is 0.150 e. The maximum absolute atomic E-state index is 10.6. The quantitative estimate of drug-likeness (QED) is 0.489. The maximum Gasteiger partial charge on any atom is 0.150 e. The normalized spacial score (nSPS) is 18.5. The monoisotopic (exact) mass is 179 g/mol. The molecule has 0 fully saturated rings. The highest BCUT2D eigenvalue weighted by atomic mass is 16.3. The second-order valence-electron chi connectivity index (χ2n) is 2.72. The van der Waals surface area contributed by atoms with E-state index in [9.17, 15) is 4.79 Å². The van der Waals surface area contributed by atoms with E-state index < -0.39 is 0 Å². The molecule has 1 rings (SSSR count). The molecule has 0 heterocycles. The highest BCUT2D eigenvalue weighted by Gasteiger charge is 2.04. The molecule has 3 heteroatoms. The van der Waals surface area contributed by atoms with Crippen molar-refractivity contribution in [1.82, 2.24) is 5.32 Å². The molecule has 2 N–H and O–H groups in total. The second kappa shape index (κ2) is 5.32. The number of aldehydes is 1. The van der Waals surface area contributed by atoms with Crippen molar-refractivity contribution in [1.29, 1.82) is 0 Å². The Bertz CT molecular complexity index is 264. The van der Waals surface area contributed by atoms with Crippen molar-refractivity contribution >= 4 is 6.29 Å². The van der Waals surface area contributed by atoms with Gasteiger partial charge in [0.2, 0.25) is 0 Å². The molecule has 1 aliphatic rings. The maximum atomic E-state index is 10.6. The SMILES string of the molecule is O=CC1=CC=CCC1=CNCCO. The van der Waals surface area contributed by atoms with E-state index in [2.05, 4.69) is 5.32 Å². The molecular weight excluding hydrogens is 166 g/mol. The first-order valence-corrected chi connectivity index (χ1v) is 4.24. The van der Waals surface area contributed by atoms with Gasteiger partial charge in [-0.3, -0.25) is 4.79 Å². The molecule has 0 spiro atoms. The molecule has 0 saturated heterocycles. The Labute approximate surface area is 77.5 Å². The molecule has 13 heavy (non-hydrogen) atoms. The minimum atomic E-state index is 0.0970. The summed E-state index contributed by atoms with van der Waals surface area (Å²) in [5.41, 5.74) is 1.67. The van der Waals surface area contributed by atoms with Crippen LogP contribution in [0, 0.1) is 0 Å². The summed E-state index contributed by atoms with van der Waals surface area (Å²) < 4.78 is 0. The highest BCUT2D eigenvalue weighted by molar-refractivity contribution is 5.81. The molecule has 0 aliphatic heterocycles. The Balaban J connectivity index is 2.58. The number of nitrogens with one attached hydrogen (secondary N) is 1. The van der Waals surface area contributed by atoms with Crippen molar-refractivity contribution in [2.75, 3.05) is 13.2 Å². The number of carbonyl (C=O) groups excluding carboxylic acids is 1. The van der Waals surface area contributed by atoms with Gasteiger partial charge in [0.15, 0.2) is 0 Å². The fraction of sp³-hybridized carbons (Fsp3) is 0.300. The number of rotatable bonds is 4. The van der Waals surface area contributed by atoms with Gasteiger partial charge >= 0.3 is 0 Å². The Morgan fingerprint density at radius 1 is 1.62 bits per heavy atom. The van der Waals surface area contributed by atoms with Gasteiger partial charge < -0.3 is 10.4 Å². The lowest BCUT2D eigenvalue weighted by molar-refractivity contribution is -0.104. The average Bonchev–Trinajstić information content (AvgIpc) is 2.19. The lowest BCUT2D eigenvalue weighted by Crippen LogP contribution is -2.12. The predicted molar refractivity (Wildman–Crippen MR) is 51.1 cm³/mol. The minimum absolute atomic E-state index is 0.0970. The van der Waals surface area contributed by atoms with E-state index in [0.29, 0.717) is 12.1 Å². The van der Waals surface area contributed by atoms with E-state index in [1.54, 1.807) is 12.3 Å². The standard InChI is InChI=1S/C10H13NO2/c12-6-5-11-7-9-3-1-2-4-10(9)8-13/h1-2,4,7-8,11-12H,3,5-6H2. The zero-order valence-electron chi connectivity index (χ0n) is 7.36. The first kappa shape index (κ1) is 9.74. The average molecular weight is 179 g/mol. The molecule has 0 aromatic rings. The fourth-order valence-electron chi connectivity index (χ4n) is 1.11. The van der Waals surface area contributed by atoms with Crippen molar-refractivity contribution in [3.05, 3.63) is 35.6 Å². The molecule has 3 nitrogen and oxygen atoms in total. The molecule has 0 saturated carbocycles. The van der Waals surface area contributed by atoms with Gasteiger partial charge in [0, 0.05) is 18.3 Å². The summed E-state index contributed by atoms with van der Waals surface area (Å²) in [5, 5.41) is 11.5. The lowest BCUT2D eigenvalue weighted by atomic mass is 10.0. The number of hydrogen-bond donors (Lipinski definition) is 2. The van der Waals surface area contributed by atoms with Crippen LogP contribution in [-0.4, -0.2) is 24.5 Å². The zero-order valence-corrected chi connectivity index (χ0v) is 7.36. The molecular formula is C10H13NO2.